The first-order valence-electron chi connectivity index (χ1n) is 6.97. The maximum absolute atomic E-state index is 6.03. The second kappa shape index (κ2) is 6.80. The van der Waals surface area contributed by atoms with Crippen molar-refractivity contribution in [1.82, 2.24) is 29.7 Å². The SMILES string of the molecule is CC(C)CN(CC(C)C)c1nc(Cl)nc(-n2cncn2)n1. The fourth-order valence-corrected chi connectivity index (χ4v) is 2.16. The van der Waals surface area contributed by atoms with Gasteiger partial charge in [0, 0.05) is 13.1 Å². The van der Waals surface area contributed by atoms with Crippen LogP contribution in [0.2, 0.25) is 5.28 Å². The third-order valence-electron chi connectivity index (χ3n) is 2.66. The highest BCUT2D eigenvalue weighted by atomic mass is 35.5. The summed E-state index contributed by atoms with van der Waals surface area (Å²) in [6.07, 6.45) is 2.96. The van der Waals surface area contributed by atoms with Crippen LogP contribution in [-0.2, 0) is 0 Å². The summed E-state index contributed by atoms with van der Waals surface area (Å²) in [5, 5.41) is 4.18. The second-order valence-electron chi connectivity index (χ2n) is 5.74. The molecule has 0 bridgehead atoms. The first-order chi connectivity index (χ1) is 9.95. The Kier molecular flexibility index (Phi) is 5.06. The molecule has 2 aromatic rings. The van der Waals surface area contributed by atoms with Crippen LogP contribution in [0, 0.1) is 11.8 Å². The van der Waals surface area contributed by atoms with Gasteiger partial charge in [-0.1, -0.05) is 27.7 Å². The lowest BCUT2D eigenvalue weighted by atomic mass is 10.1. The van der Waals surface area contributed by atoms with E-state index in [0.29, 0.717) is 23.7 Å². The highest BCUT2D eigenvalue weighted by molar-refractivity contribution is 6.28. The molecule has 2 aromatic heterocycles. The minimum atomic E-state index is 0.156. The molecule has 114 valence electrons. The van der Waals surface area contributed by atoms with Gasteiger partial charge in [0.05, 0.1) is 0 Å². The Balaban J connectivity index is 2.35. The standard InChI is InChI=1S/C13H20ClN7/c1-9(2)5-20(6-10(3)4)12-17-11(14)18-13(19-12)21-8-15-7-16-21/h7-10H,5-6H2,1-4H3. The summed E-state index contributed by atoms with van der Waals surface area (Å²) in [7, 11) is 0. The highest BCUT2D eigenvalue weighted by Crippen LogP contribution is 2.16. The average Bonchev–Trinajstić information content (AvgIpc) is 2.90. The van der Waals surface area contributed by atoms with Crippen LogP contribution in [-0.4, -0.2) is 42.8 Å². The lowest BCUT2D eigenvalue weighted by Crippen LogP contribution is -2.33. The van der Waals surface area contributed by atoms with Crippen LogP contribution in [0.1, 0.15) is 27.7 Å². The van der Waals surface area contributed by atoms with Gasteiger partial charge in [0.2, 0.25) is 11.2 Å². The predicted octanol–water partition coefficient (Wildman–Crippen LogP) is 2.22. The molecule has 0 spiro atoms. The van der Waals surface area contributed by atoms with Gasteiger partial charge in [-0.2, -0.15) is 24.7 Å². The largest absolute Gasteiger partial charge is 0.340 e. The van der Waals surface area contributed by atoms with Crippen molar-refractivity contribution in [2.24, 2.45) is 11.8 Å². The minimum absolute atomic E-state index is 0.156. The first kappa shape index (κ1) is 15.6. The van der Waals surface area contributed by atoms with Gasteiger partial charge in [-0.05, 0) is 23.4 Å². The molecule has 2 heterocycles. The zero-order valence-corrected chi connectivity index (χ0v) is 13.5. The van der Waals surface area contributed by atoms with Gasteiger partial charge in [-0.3, -0.25) is 0 Å². The van der Waals surface area contributed by atoms with Crippen LogP contribution in [0.5, 0.6) is 0 Å². The van der Waals surface area contributed by atoms with E-state index in [-0.39, 0.29) is 5.28 Å². The van der Waals surface area contributed by atoms with Crippen molar-refractivity contribution in [2.75, 3.05) is 18.0 Å². The van der Waals surface area contributed by atoms with Crippen LogP contribution >= 0.6 is 11.6 Å². The van der Waals surface area contributed by atoms with Crippen LogP contribution < -0.4 is 4.90 Å². The van der Waals surface area contributed by atoms with E-state index in [1.54, 1.807) is 0 Å². The Hall–Kier alpha value is -1.76. The normalized spacial score (nSPS) is 11.4. The van der Waals surface area contributed by atoms with Crippen LogP contribution in [0.3, 0.4) is 0 Å². The fraction of sp³-hybridized carbons (Fsp3) is 0.615. The molecule has 7 nitrogen and oxygen atoms in total. The van der Waals surface area contributed by atoms with Crippen LogP contribution in [0.15, 0.2) is 12.7 Å². The molecule has 0 aliphatic heterocycles. The van der Waals surface area contributed by atoms with Crippen molar-refractivity contribution in [2.45, 2.75) is 27.7 Å². The van der Waals surface area contributed by atoms with Crippen molar-refractivity contribution in [3.8, 4) is 5.95 Å². The van der Waals surface area contributed by atoms with Crippen molar-refractivity contribution in [3.05, 3.63) is 17.9 Å². The minimum Gasteiger partial charge on any atom is -0.340 e. The molecule has 0 aliphatic carbocycles. The van der Waals surface area contributed by atoms with Gasteiger partial charge in [-0.15, -0.1) is 0 Å². The maximum Gasteiger partial charge on any atom is 0.258 e. The molecule has 0 atom stereocenters. The Labute approximate surface area is 129 Å². The monoisotopic (exact) mass is 309 g/mol. The molecule has 0 N–H and O–H groups in total. The fourth-order valence-electron chi connectivity index (χ4n) is 2.00. The van der Waals surface area contributed by atoms with Gasteiger partial charge >= 0.3 is 0 Å². The lowest BCUT2D eigenvalue weighted by molar-refractivity contribution is 0.542. The quantitative estimate of drug-likeness (QED) is 0.814. The third kappa shape index (κ3) is 4.35. The van der Waals surface area contributed by atoms with E-state index in [9.17, 15) is 0 Å². The molecule has 8 heteroatoms. The lowest BCUT2D eigenvalue weighted by Gasteiger charge is -2.26. The number of hydrogen-bond acceptors (Lipinski definition) is 6. The van der Waals surface area contributed by atoms with E-state index in [2.05, 4.69) is 57.6 Å². The number of hydrogen-bond donors (Lipinski definition) is 0. The summed E-state index contributed by atoms with van der Waals surface area (Å²) in [5.74, 6) is 1.94. The molecule has 0 radical (unpaired) electrons. The Bertz CT molecular complexity index is 558. The summed E-state index contributed by atoms with van der Waals surface area (Å²) < 4.78 is 1.47. The summed E-state index contributed by atoms with van der Waals surface area (Å²) in [6, 6.07) is 0. The second-order valence-corrected chi connectivity index (χ2v) is 6.08. The Morgan fingerprint density at radius 3 is 2.29 bits per heavy atom. The van der Waals surface area contributed by atoms with Gasteiger partial charge in [0.25, 0.3) is 5.95 Å². The van der Waals surface area contributed by atoms with E-state index >= 15 is 0 Å². The van der Waals surface area contributed by atoms with Crippen molar-refractivity contribution in [1.29, 1.82) is 0 Å². The number of aromatic nitrogens is 6. The van der Waals surface area contributed by atoms with Crippen molar-refractivity contribution >= 4 is 17.5 Å². The zero-order chi connectivity index (χ0) is 15.4. The topological polar surface area (TPSA) is 72.6 Å². The molecule has 0 saturated heterocycles. The van der Waals surface area contributed by atoms with Gasteiger partial charge in [-0.25, -0.2) is 4.98 Å². The Morgan fingerprint density at radius 2 is 1.76 bits per heavy atom. The summed E-state index contributed by atoms with van der Waals surface area (Å²) in [6.45, 7) is 10.4. The van der Waals surface area contributed by atoms with E-state index in [1.165, 1.54) is 17.3 Å². The number of rotatable bonds is 6. The van der Waals surface area contributed by atoms with Gasteiger partial charge in [0.1, 0.15) is 12.7 Å². The predicted molar refractivity (Wildman–Crippen MR) is 81.6 cm³/mol. The number of nitrogens with zero attached hydrogens (tertiary/aromatic N) is 7. The highest BCUT2D eigenvalue weighted by Gasteiger charge is 2.16. The van der Waals surface area contributed by atoms with Gasteiger partial charge in [0.15, 0.2) is 0 Å². The van der Waals surface area contributed by atoms with E-state index in [4.69, 9.17) is 11.6 Å². The average molecular weight is 310 g/mol. The molecule has 2 rings (SSSR count). The Morgan fingerprint density at radius 1 is 1.10 bits per heavy atom. The summed E-state index contributed by atoms with van der Waals surface area (Å²) >= 11 is 6.03. The molecule has 0 fully saturated rings. The molecule has 21 heavy (non-hydrogen) atoms. The van der Waals surface area contributed by atoms with Crippen molar-refractivity contribution in [3.63, 3.8) is 0 Å². The molecule has 0 saturated carbocycles. The zero-order valence-electron chi connectivity index (χ0n) is 12.7. The van der Waals surface area contributed by atoms with Crippen LogP contribution in [0.25, 0.3) is 5.95 Å². The molecular weight excluding hydrogens is 290 g/mol. The van der Waals surface area contributed by atoms with E-state index in [0.717, 1.165) is 13.1 Å². The first-order valence-corrected chi connectivity index (χ1v) is 7.35. The molecule has 0 unspecified atom stereocenters. The van der Waals surface area contributed by atoms with E-state index in [1.807, 2.05) is 0 Å². The molecule has 0 amide bonds. The molecule has 0 aromatic carbocycles. The van der Waals surface area contributed by atoms with Gasteiger partial charge < -0.3 is 4.90 Å². The summed E-state index contributed by atoms with van der Waals surface area (Å²) in [5.41, 5.74) is 0. The third-order valence-corrected chi connectivity index (χ3v) is 2.83. The smallest absolute Gasteiger partial charge is 0.258 e. The molecule has 0 aliphatic rings. The number of anilines is 1. The van der Waals surface area contributed by atoms with Crippen LogP contribution in [0.4, 0.5) is 5.95 Å². The van der Waals surface area contributed by atoms with E-state index < -0.39 is 0 Å². The summed E-state index contributed by atoms with van der Waals surface area (Å²) in [4.78, 5) is 18.8. The maximum atomic E-state index is 6.03. The molecular formula is C13H20ClN7. The number of halogens is 1. The van der Waals surface area contributed by atoms with Crippen molar-refractivity contribution < 1.29 is 0 Å².